The number of hydrogen-bond donors (Lipinski definition) is 2. The standard InChI is InChI=1S/C16H24N4O3/c1-13(18-16(17)22)15(21)20-9-7-19(8-10-20)11-12-23-14-5-3-2-4-6-14/h2-6,13H,7-12H2,1H3,(H3,17,18,22)/t13-/m1/s1. The fourth-order valence-electron chi connectivity index (χ4n) is 2.55. The molecule has 1 aliphatic rings. The molecule has 0 aliphatic carbocycles. The van der Waals surface area contributed by atoms with Crippen molar-refractivity contribution >= 4 is 11.9 Å². The monoisotopic (exact) mass is 320 g/mol. The van der Waals surface area contributed by atoms with Crippen LogP contribution in [-0.2, 0) is 4.79 Å². The minimum atomic E-state index is -0.678. The molecular formula is C16H24N4O3. The minimum absolute atomic E-state index is 0.0935. The molecule has 1 saturated heterocycles. The number of benzene rings is 1. The van der Waals surface area contributed by atoms with Gasteiger partial charge in [0, 0.05) is 32.7 Å². The normalized spacial score (nSPS) is 16.7. The van der Waals surface area contributed by atoms with Gasteiger partial charge in [0.05, 0.1) is 0 Å². The van der Waals surface area contributed by atoms with Gasteiger partial charge in [-0.3, -0.25) is 9.69 Å². The SMILES string of the molecule is C[C@@H](NC(N)=O)C(=O)N1CCN(CCOc2ccccc2)CC1. The summed E-state index contributed by atoms with van der Waals surface area (Å²) in [5, 5.41) is 2.42. The topological polar surface area (TPSA) is 87.9 Å². The molecule has 0 bridgehead atoms. The van der Waals surface area contributed by atoms with Crippen LogP contribution in [-0.4, -0.2) is 67.1 Å². The van der Waals surface area contributed by atoms with E-state index in [1.807, 2.05) is 30.3 Å². The summed E-state index contributed by atoms with van der Waals surface area (Å²) in [5.74, 6) is 0.775. The summed E-state index contributed by atoms with van der Waals surface area (Å²) < 4.78 is 5.68. The quantitative estimate of drug-likeness (QED) is 0.787. The minimum Gasteiger partial charge on any atom is -0.492 e. The van der Waals surface area contributed by atoms with Crippen LogP contribution in [0.5, 0.6) is 5.75 Å². The molecule has 1 aromatic rings. The van der Waals surface area contributed by atoms with E-state index >= 15 is 0 Å². The third-order valence-electron chi connectivity index (χ3n) is 3.83. The van der Waals surface area contributed by atoms with Crippen LogP contribution < -0.4 is 15.8 Å². The lowest BCUT2D eigenvalue weighted by molar-refractivity contribution is -0.134. The van der Waals surface area contributed by atoms with E-state index in [-0.39, 0.29) is 5.91 Å². The number of piperazine rings is 1. The Labute approximate surface area is 136 Å². The summed E-state index contributed by atoms with van der Waals surface area (Å²) >= 11 is 0. The number of hydrogen-bond acceptors (Lipinski definition) is 4. The van der Waals surface area contributed by atoms with Crippen molar-refractivity contribution in [3.05, 3.63) is 30.3 Å². The van der Waals surface area contributed by atoms with E-state index in [1.165, 1.54) is 0 Å². The van der Waals surface area contributed by atoms with Crippen LogP contribution in [0.3, 0.4) is 0 Å². The Balaban J connectivity index is 1.67. The Morgan fingerprint density at radius 1 is 1.22 bits per heavy atom. The second-order valence-corrected chi connectivity index (χ2v) is 5.56. The molecule has 0 spiro atoms. The van der Waals surface area contributed by atoms with Crippen molar-refractivity contribution < 1.29 is 14.3 Å². The van der Waals surface area contributed by atoms with E-state index in [1.54, 1.807) is 11.8 Å². The summed E-state index contributed by atoms with van der Waals surface area (Å²) in [4.78, 5) is 27.0. The molecule has 1 heterocycles. The van der Waals surface area contributed by atoms with Crippen LogP contribution in [0.4, 0.5) is 4.79 Å². The van der Waals surface area contributed by atoms with Crippen molar-refractivity contribution in [2.75, 3.05) is 39.3 Å². The zero-order valence-electron chi connectivity index (χ0n) is 13.4. The van der Waals surface area contributed by atoms with Gasteiger partial charge >= 0.3 is 6.03 Å². The summed E-state index contributed by atoms with van der Waals surface area (Å²) in [6, 6.07) is 8.45. The molecule has 0 aromatic heterocycles. The highest BCUT2D eigenvalue weighted by molar-refractivity contribution is 5.86. The highest BCUT2D eigenvalue weighted by atomic mass is 16.5. The number of nitrogens with two attached hydrogens (primary N) is 1. The van der Waals surface area contributed by atoms with Crippen LogP contribution in [0.15, 0.2) is 30.3 Å². The van der Waals surface area contributed by atoms with Crippen molar-refractivity contribution in [2.45, 2.75) is 13.0 Å². The van der Waals surface area contributed by atoms with E-state index < -0.39 is 12.1 Å². The summed E-state index contributed by atoms with van der Waals surface area (Å²) in [6.07, 6.45) is 0. The molecular weight excluding hydrogens is 296 g/mol. The number of para-hydroxylation sites is 1. The fraction of sp³-hybridized carbons (Fsp3) is 0.500. The van der Waals surface area contributed by atoms with Gasteiger partial charge in [0.25, 0.3) is 0 Å². The predicted molar refractivity (Wildman–Crippen MR) is 87.1 cm³/mol. The largest absolute Gasteiger partial charge is 0.492 e. The number of carbonyl (C=O) groups excluding carboxylic acids is 2. The maximum atomic E-state index is 12.2. The molecule has 7 nitrogen and oxygen atoms in total. The molecule has 3 amide bonds. The molecule has 3 N–H and O–H groups in total. The lowest BCUT2D eigenvalue weighted by Crippen LogP contribution is -2.55. The second-order valence-electron chi connectivity index (χ2n) is 5.56. The van der Waals surface area contributed by atoms with Crippen LogP contribution in [0.25, 0.3) is 0 Å². The molecule has 1 aromatic carbocycles. The van der Waals surface area contributed by atoms with Gasteiger partial charge < -0.3 is 20.7 Å². The van der Waals surface area contributed by atoms with Crippen LogP contribution in [0.1, 0.15) is 6.92 Å². The smallest absolute Gasteiger partial charge is 0.312 e. The van der Waals surface area contributed by atoms with Crippen molar-refractivity contribution in [3.8, 4) is 5.75 Å². The van der Waals surface area contributed by atoms with Gasteiger partial charge in [0.1, 0.15) is 18.4 Å². The third-order valence-corrected chi connectivity index (χ3v) is 3.83. The molecule has 126 valence electrons. The van der Waals surface area contributed by atoms with E-state index in [0.29, 0.717) is 19.7 Å². The van der Waals surface area contributed by atoms with Gasteiger partial charge in [-0.15, -0.1) is 0 Å². The Morgan fingerprint density at radius 2 is 1.87 bits per heavy atom. The molecule has 1 fully saturated rings. The van der Waals surface area contributed by atoms with Gasteiger partial charge in [-0.25, -0.2) is 4.79 Å². The molecule has 1 atom stereocenters. The zero-order chi connectivity index (χ0) is 16.7. The van der Waals surface area contributed by atoms with E-state index in [4.69, 9.17) is 10.5 Å². The highest BCUT2D eigenvalue weighted by Crippen LogP contribution is 2.09. The number of ether oxygens (including phenoxy) is 1. The first-order chi connectivity index (χ1) is 11.1. The molecule has 23 heavy (non-hydrogen) atoms. The number of amides is 3. The lowest BCUT2D eigenvalue weighted by atomic mass is 10.2. The highest BCUT2D eigenvalue weighted by Gasteiger charge is 2.25. The molecule has 0 unspecified atom stereocenters. The van der Waals surface area contributed by atoms with E-state index in [9.17, 15) is 9.59 Å². The zero-order valence-corrected chi connectivity index (χ0v) is 13.4. The Hall–Kier alpha value is -2.28. The van der Waals surface area contributed by atoms with Crippen molar-refractivity contribution in [1.82, 2.24) is 15.1 Å². The molecule has 2 rings (SSSR count). The molecule has 0 saturated carbocycles. The van der Waals surface area contributed by atoms with Gasteiger partial charge in [-0.05, 0) is 19.1 Å². The predicted octanol–water partition coefficient (Wildman–Crippen LogP) is 0.266. The summed E-state index contributed by atoms with van der Waals surface area (Å²) in [5.41, 5.74) is 5.04. The Bertz CT molecular complexity index is 515. The molecule has 0 radical (unpaired) electrons. The van der Waals surface area contributed by atoms with Gasteiger partial charge in [0.15, 0.2) is 0 Å². The maximum absolute atomic E-state index is 12.2. The van der Waals surface area contributed by atoms with E-state index in [2.05, 4.69) is 10.2 Å². The number of nitrogens with zero attached hydrogens (tertiary/aromatic N) is 2. The van der Waals surface area contributed by atoms with Crippen LogP contribution in [0.2, 0.25) is 0 Å². The maximum Gasteiger partial charge on any atom is 0.312 e. The number of urea groups is 1. The number of carbonyl (C=O) groups is 2. The van der Waals surface area contributed by atoms with Crippen molar-refractivity contribution in [2.24, 2.45) is 5.73 Å². The Kier molecular flexibility index (Phi) is 6.22. The molecule has 1 aliphatic heterocycles. The lowest BCUT2D eigenvalue weighted by Gasteiger charge is -2.35. The first-order valence-electron chi connectivity index (χ1n) is 7.81. The Morgan fingerprint density at radius 3 is 2.48 bits per heavy atom. The summed E-state index contributed by atoms with van der Waals surface area (Å²) in [6.45, 7) is 5.99. The van der Waals surface area contributed by atoms with Gasteiger partial charge in [-0.1, -0.05) is 18.2 Å². The van der Waals surface area contributed by atoms with Crippen LogP contribution in [0, 0.1) is 0 Å². The fourth-order valence-corrected chi connectivity index (χ4v) is 2.55. The van der Waals surface area contributed by atoms with E-state index in [0.717, 1.165) is 25.4 Å². The van der Waals surface area contributed by atoms with Crippen LogP contribution >= 0.6 is 0 Å². The first-order valence-corrected chi connectivity index (χ1v) is 7.81. The van der Waals surface area contributed by atoms with Crippen molar-refractivity contribution in [1.29, 1.82) is 0 Å². The van der Waals surface area contributed by atoms with Gasteiger partial charge in [0.2, 0.25) is 5.91 Å². The number of nitrogens with one attached hydrogen (secondary N) is 1. The van der Waals surface area contributed by atoms with Gasteiger partial charge in [-0.2, -0.15) is 0 Å². The number of primary amides is 1. The third kappa shape index (κ3) is 5.45. The average molecular weight is 320 g/mol. The number of rotatable bonds is 6. The summed E-state index contributed by atoms with van der Waals surface area (Å²) in [7, 11) is 0. The second kappa shape index (κ2) is 8.38. The van der Waals surface area contributed by atoms with Crippen molar-refractivity contribution in [3.63, 3.8) is 0 Å². The average Bonchev–Trinajstić information content (AvgIpc) is 2.55. The first kappa shape index (κ1) is 17.1. The molecule has 7 heteroatoms.